The van der Waals surface area contributed by atoms with E-state index in [4.69, 9.17) is 0 Å². The van der Waals surface area contributed by atoms with E-state index in [1.807, 2.05) is 0 Å². The Hall–Kier alpha value is 0.290. The van der Waals surface area contributed by atoms with Gasteiger partial charge in [-0.2, -0.15) is 0 Å². The maximum absolute atomic E-state index is 3.27. The molecular weight excluding hydrogens is 235 g/mol. The Morgan fingerprint density at radius 3 is 2.60 bits per heavy atom. The van der Waals surface area contributed by atoms with Gasteiger partial charge in [-0.1, -0.05) is 25.7 Å². The molecule has 1 aliphatic carbocycles. The van der Waals surface area contributed by atoms with Crippen LogP contribution in [-0.2, 0) is 0 Å². The highest BCUT2D eigenvalue weighted by Crippen LogP contribution is 2.28. The standard InChI is InChI=1S/C9H13I/c1-8-4-2-3-5-9(8)6-7-10/h8-9H,2-5H2,1H3. The van der Waals surface area contributed by atoms with Gasteiger partial charge in [0.15, 0.2) is 0 Å². The average molecular weight is 248 g/mol. The molecular formula is C9H13I. The Bertz CT molecular complexity index is 152. The highest BCUT2D eigenvalue weighted by atomic mass is 127. The van der Waals surface area contributed by atoms with Crippen LogP contribution in [-0.4, -0.2) is 0 Å². The Morgan fingerprint density at radius 2 is 2.00 bits per heavy atom. The van der Waals surface area contributed by atoms with E-state index in [0.29, 0.717) is 5.92 Å². The van der Waals surface area contributed by atoms with E-state index in [-0.39, 0.29) is 0 Å². The van der Waals surface area contributed by atoms with Gasteiger partial charge in [-0.15, -0.1) is 0 Å². The van der Waals surface area contributed by atoms with Crippen molar-refractivity contribution in [3.63, 3.8) is 0 Å². The highest BCUT2D eigenvalue weighted by molar-refractivity contribution is 14.1. The van der Waals surface area contributed by atoms with Crippen LogP contribution in [0.5, 0.6) is 0 Å². The lowest BCUT2D eigenvalue weighted by molar-refractivity contribution is 0.316. The van der Waals surface area contributed by atoms with Crippen molar-refractivity contribution in [3.8, 4) is 9.85 Å². The van der Waals surface area contributed by atoms with E-state index in [0.717, 1.165) is 5.92 Å². The summed E-state index contributed by atoms with van der Waals surface area (Å²) in [5.74, 6) is 4.81. The summed E-state index contributed by atoms with van der Waals surface area (Å²) in [6.45, 7) is 2.32. The second-order valence-electron chi connectivity index (χ2n) is 3.11. The van der Waals surface area contributed by atoms with E-state index in [1.54, 1.807) is 0 Å². The minimum absolute atomic E-state index is 0.700. The van der Waals surface area contributed by atoms with E-state index in [2.05, 4.69) is 39.4 Å². The van der Waals surface area contributed by atoms with Gasteiger partial charge < -0.3 is 0 Å². The molecule has 0 heterocycles. The molecule has 0 aromatic rings. The average Bonchev–Trinajstić information content (AvgIpc) is 1.94. The van der Waals surface area contributed by atoms with Crippen LogP contribution in [0, 0.1) is 21.7 Å². The highest BCUT2D eigenvalue weighted by Gasteiger charge is 2.18. The third kappa shape index (κ3) is 2.16. The molecule has 0 N–H and O–H groups in total. The van der Waals surface area contributed by atoms with Crippen molar-refractivity contribution in [1.29, 1.82) is 0 Å². The normalized spacial score (nSPS) is 32.6. The van der Waals surface area contributed by atoms with Crippen LogP contribution in [0.3, 0.4) is 0 Å². The summed E-state index contributed by atoms with van der Waals surface area (Å²) in [5.41, 5.74) is 0. The molecule has 10 heavy (non-hydrogen) atoms. The van der Waals surface area contributed by atoms with E-state index in [1.165, 1.54) is 25.7 Å². The largest absolute Gasteiger partial charge is 0.0882 e. The summed E-state index contributed by atoms with van der Waals surface area (Å²) >= 11 is 2.14. The molecule has 56 valence electrons. The molecule has 0 amide bonds. The Morgan fingerprint density at radius 1 is 1.30 bits per heavy atom. The van der Waals surface area contributed by atoms with Gasteiger partial charge >= 0.3 is 0 Å². The van der Waals surface area contributed by atoms with Gasteiger partial charge in [-0.05, 0) is 22.7 Å². The van der Waals surface area contributed by atoms with Crippen LogP contribution >= 0.6 is 22.6 Å². The molecule has 1 aliphatic rings. The predicted molar refractivity (Wildman–Crippen MR) is 52.9 cm³/mol. The molecule has 0 aromatic carbocycles. The first-order chi connectivity index (χ1) is 4.84. The predicted octanol–water partition coefficient (Wildman–Crippen LogP) is 3.21. The minimum atomic E-state index is 0.700. The van der Waals surface area contributed by atoms with Crippen LogP contribution in [0.25, 0.3) is 0 Å². The molecule has 0 nitrogen and oxygen atoms in total. The monoisotopic (exact) mass is 248 g/mol. The molecule has 0 aliphatic heterocycles. The molecule has 0 radical (unpaired) electrons. The summed E-state index contributed by atoms with van der Waals surface area (Å²) in [6, 6.07) is 0. The second-order valence-corrected chi connectivity index (χ2v) is 3.65. The molecule has 1 fully saturated rings. The summed E-state index contributed by atoms with van der Waals surface area (Å²) in [6.07, 6.45) is 5.52. The SMILES string of the molecule is CC1CCCCC1C#CI. The topological polar surface area (TPSA) is 0 Å². The van der Waals surface area contributed by atoms with Gasteiger partial charge in [0.25, 0.3) is 0 Å². The van der Waals surface area contributed by atoms with Gasteiger partial charge in [0.1, 0.15) is 0 Å². The van der Waals surface area contributed by atoms with Crippen LogP contribution < -0.4 is 0 Å². The molecule has 0 spiro atoms. The fourth-order valence-electron chi connectivity index (χ4n) is 1.60. The fourth-order valence-corrected chi connectivity index (χ4v) is 2.00. The molecule has 1 saturated carbocycles. The maximum Gasteiger partial charge on any atom is 0.0236 e. The fraction of sp³-hybridized carbons (Fsp3) is 0.778. The van der Waals surface area contributed by atoms with Gasteiger partial charge in [0, 0.05) is 28.5 Å². The van der Waals surface area contributed by atoms with Gasteiger partial charge in [0.2, 0.25) is 0 Å². The first-order valence-electron chi connectivity index (χ1n) is 3.95. The molecule has 0 bridgehead atoms. The van der Waals surface area contributed by atoms with Crippen LogP contribution in [0.4, 0.5) is 0 Å². The lowest BCUT2D eigenvalue weighted by Gasteiger charge is -2.23. The molecule has 1 rings (SSSR count). The van der Waals surface area contributed by atoms with Gasteiger partial charge in [-0.3, -0.25) is 0 Å². The van der Waals surface area contributed by atoms with E-state index in [9.17, 15) is 0 Å². The molecule has 0 aromatic heterocycles. The molecule has 2 unspecified atom stereocenters. The van der Waals surface area contributed by atoms with Crippen LogP contribution in [0.2, 0.25) is 0 Å². The first-order valence-corrected chi connectivity index (χ1v) is 5.03. The van der Waals surface area contributed by atoms with Crippen molar-refractivity contribution in [2.45, 2.75) is 32.6 Å². The first kappa shape index (κ1) is 8.39. The summed E-state index contributed by atoms with van der Waals surface area (Å²) in [7, 11) is 0. The van der Waals surface area contributed by atoms with Crippen molar-refractivity contribution < 1.29 is 0 Å². The van der Waals surface area contributed by atoms with E-state index < -0.39 is 0 Å². The van der Waals surface area contributed by atoms with Gasteiger partial charge in [0.05, 0.1) is 0 Å². The smallest absolute Gasteiger partial charge is 0.0236 e. The van der Waals surface area contributed by atoms with Crippen molar-refractivity contribution in [3.05, 3.63) is 0 Å². The Balaban J connectivity index is 2.45. The summed E-state index contributed by atoms with van der Waals surface area (Å²) < 4.78 is 2.99. The molecule has 2 atom stereocenters. The lowest BCUT2D eigenvalue weighted by Crippen LogP contribution is -2.14. The Kier molecular flexibility index (Phi) is 3.55. The summed E-state index contributed by atoms with van der Waals surface area (Å²) in [4.78, 5) is 0. The van der Waals surface area contributed by atoms with Crippen molar-refractivity contribution in [1.82, 2.24) is 0 Å². The quantitative estimate of drug-likeness (QED) is 0.456. The third-order valence-corrected chi connectivity index (χ3v) is 2.66. The number of rotatable bonds is 0. The zero-order valence-electron chi connectivity index (χ0n) is 6.36. The second kappa shape index (κ2) is 4.23. The lowest BCUT2D eigenvalue weighted by atomic mass is 9.81. The maximum atomic E-state index is 3.27. The van der Waals surface area contributed by atoms with Gasteiger partial charge in [-0.25, -0.2) is 0 Å². The summed E-state index contributed by atoms with van der Waals surface area (Å²) in [5, 5.41) is 0. The van der Waals surface area contributed by atoms with Crippen molar-refractivity contribution in [2.75, 3.05) is 0 Å². The van der Waals surface area contributed by atoms with Crippen molar-refractivity contribution >= 4 is 22.6 Å². The van der Waals surface area contributed by atoms with Crippen molar-refractivity contribution in [2.24, 2.45) is 11.8 Å². The zero-order valence-corrected chi connectivity index (χ0v) is 8.52. The molecule has 1 heteroatoms. The van der Waals surface area contributed by atoms with Crippen LogP contribution in [0.15, 0.2) is 0 Å². The number of hydrogen-bond acceptors (Lipinski definition) is 0. The number of halogens is 1. The number of hydrogen-bond donors (Lipinski definition) is 0. The Labute approximate surface area is 76.9 Å². The minimum Gasteiger partial charge on any atom is -0.0882 e. The zero-order chi connectivity index (χ0) is 7.40. The molecule has 0 saturated heterocycles. The van der Waals surface area contributed by atoms with Crippen LogP contribution in [0.1, 0.15) is 32.6 Å². The third-order valence-electron chi connectivity index (χ3n) is 2.35. The van der Waals surface area contributed by atoms with E-state index >= 15 is 0 Å².